The summed E-state index contributed by atoms with van der Waals surface area (Å²) in [6, 6.07) is 0. The van der Waals surface area contributed by atoms with Crippen molar-refractivity contribution < 1.29 is 9.53 Å². The molecular weight excluding hydrogens is 234 g/mol. The molecule has 1 N–H and O–H groups in total. The van der Waals surface area contributed by atoms with E-state index in [0.717, 1.165) is 12.8 Å². The van der Waals surface area contributed by atoms with Gasteiger partial charge in [0.25, 0.3) is 5.91 Å². The van der Waals surface area contributed by atoms with Crippen LogP contribution in [0.3, 0.4) is 0 Å². The second kappa shape index (κ2) is 5.25. The SMILES string of the molecule is CC1CCC(CNC(=O)C#CBr)O1. The van der Waals surface area contributed by atoms with Gasteiger partial charge in [0.1, 0.15) is 0 Å². The monoisotopic (exact) mass is 245 g/mol. The average Bonchev–Trinajstić information content (AvgIpc) is 2.49. The van der Waals surface area contributed by atoms with Crippen LogP contribution in [0.4, 0.5) is 0 Å². The van der Waals surface area contributed by atoms with Gasteiger partial charge in [-0.15, -0.1) is 0 Å². The van der Waals surface area contributed by atoms with Crippen molar-refractivity contribution in [3.63, 3.8) is 0 Å². The van der Waals surface area contributed by atoms with Crippen LogP contribution in [0.2, 0.25) is 0 Å². The molecule has 0 aromatic carbocycles. The zero-order chi connectivity index (χ0) is 9.68. The van der Waals surface area contributed by atoms with E-state index < -0.39 is 0 Å². The van der Waals surface area contributed by atoms with Crippen LogP contribution in [-0.2, 0) is 9.53 Å². The summed E-state index contributed by atoms with van der Waals surface area (Å²) in [7, 11) is 0. The molecule has 2 atom stereocenters. The predicted octanol–water partition coefficient (Wildman–Crippen LogP) is 1.03. The van der Waals surface area contributed by atoms with Crippen LogP contribution in [0.1, 0.15) is 19.8 Å². The van der Waals surface area contributed by atoms with E-state index in [1.54, 1.807) is 0 Å². The first-order valence-electron chi connectivity index (χ1n) is 4.27. The summed E-state index contributed by atoms with van der Waals surface area (Å²) in [6.07, 6.45) is 2.58. The van der Waals surface area contributed by atoms with Crippen LogP contribution in [0.15, 0.2) is 0 Å². The molecule has 0 aromatic rings. The number of hydrogen-bond donors (Lipinski definition) is 1. The molecule has 1 fully saturated rings. The fourth-order valence-corrected chi connectivity index (χ4v) is 1.51. The molecule has 1 amide bonds. The van der Waals surface area contributed by atoms with E-state index in [4.69, 9.17) is 4.74 Å². The Labute approximate surface area is 86.3 Å². The summed E-state index contributed by atoms with van der Waals surface area (Å²) in [5.41, 5.74) is 0. The fourth-order valence-electron chi connectivity index (χ4n) is 1.33. The van der Waals surface area contributed by atoms with Gasteiger partial charge in [-0.25, -0.2) is 0 Å². The molecule has 0 radical (unpaired) electrons. The van der Waals surface area contributed by atoms with Crippen molar-refractivity contribution in [3.8, 4) is 10.8 Å². The summed E-state index contributed by atoms with van der Waals surface area (Å²) in [6.45, 7) is 2.60. The molecule has 0 bridgehead atoms. The van der Waals surface area contributed by atoms with E-state index in [1.165, 1.54) is 0 Å². The van der Waals surface area contributed by atoms with Crippen molar-refractivity contribution in [2.75, 3.05) is 6.54 Å². The Hall–Kier alpha value is -0.530. The smallest absolute Gasteiger partial charge is 0.296 e. The number of halogens is 1. The van der Waals surface area contributed by atoms with E-state index in [2.05, 4.69) is 32.0 Å². The number of carbonyl (C=O) groups is 1. The molecule has 1 aliphatic rings. The Bertz CT molecular complexity index is 244. The first-order chi connectivity index (χ1) is 6.22. The largest absolute Gasteiger partial charge is 0.373 e. The van der Waals surface area contributed by atoms with Crippen LogP contribution in [0.5, 0.6) is 0 Å². The van der Waals surface area contributed by atoms with E-state index in [1.807, 2.05) is 6.92 Å². The second-order valence-electron chi connectivity index (χ2n) is 3.08. The van der Waals surface area contributed by atoms with Crippen molar-refractivity contribution in [3.05, 3.63) is 0 Å². The summed E-state index contributed by atoms with van der Waals surface area (Å²) in [4.78, 5) is 13.3. The van der Waals surface area contributed by atoms with Gasteiger partial charge >= 0.3 is 0 Å². The molecular formula is C9H12BrNO2. The molecule has 4 heteroatoms. The van der Waals surface area contributed by atoms with Crippen molar-refractivity contribution in [1.82, 2.24) is 5.32 Å². The number of amides is 1. The lowest BCUT2D eigenvalue weighted by molar-refractivity contribution is -0.116. The summed E-state index contributed by atoms with van der Waals surface area (Å²) in [5, 5.41) is 2.68. The average molecular weight is 246 g/mol. The summed E-state index contributed by atoms with van der Waals surface area (Å²) >= 11 is 2.86. The van der Waals surface area contributed by atoms with Crippen LogP contribution in [0.25, 0.3) is 0 Å². The third-order valence-corrected chi connectivity index (χ3v) is 2.17. The van der Waals surface area contributed by atoms with Crippen LogP contribution >= 0.6 is 15.9 Å². The van der Waals surface area contributed by atoms with Crippen molar-refractivity contribution in [2.24, 2.45) is 0 Å². The number of carbonyl (C=O) groups excluding carboxylic acids is 1. The Balaban J connectivity index is 2.18. The zero-order valence-electron chi connectivity index (χ0n) is 7.47. The standard InChI is InChI=1S/C9H12BrNO2/c1-7-2-3-8(13-7)6-11-9(12)4-5-10/h7-8H,2-3,6H2,1H3,(H,11,12). The summed E-state index contributed by atoms with van der Waals surface area (Å²) < 4.78 is 5.52. The van der Waals surface area contributed by atoms with Gasteiger partial charge in [0.15, 0.2) is 0 Å². The molecule has 3 nitrogen and oxygen atoms in total. The van der Waals surface area contributed by atoms with Gasteiger partial charge in [0.05, 0.1) is 12.2 Å². The van der Waals surface area contributed by atoms with Gasteiger partial charge in [-0.3, -0.25) is 4.79 Å². The Morgan fingerprint density at radius 1 is 1.69 bits per heavy atom. The fraction of sp³-hybridized carbons (Fsp3) is 0.667. The topological polar surface area (TPSA) is 38.3 Å². The maximum Gasteiger partial charge on any atom is 0.296 e. The summed E-state index contributed by atoms with van der Waals surface area (Å²) in [5.74, 6) is 2.08. The predicted molar refractivity (Wildman–Crippen MR) is 53.3 cm³/mol. The molecule has 0 aliphatic carbocycles. The van der Waals surface area contributed by atoms with E-state index in [-0.39, 0.29) is 12.0 Å². The van der Waals surface area contributed by atoms with Gasteiger partial charge in [-0.05, 0) is 24.6 Å². The third-order valence-electron chi connectivity index (χ3n) is 1.97. The molecule has 2 unspecified atom stereocenters. The van der Waals surface area contributed by atoms with Crippen molar-refractivity contribution in [2.45, 2.75) is 32.0 Å². The lowest BCUT2D eigenvalue weighted by atomic mass is 10.2. The maximum atomic E-state index is 10.9. The zero-order valence-corrected chi connectivity index (χ0v) is 9.06. The van der Waals surface area contributed by atoms with Crippen LogP contribution in [-0.4, -0.2) is 24.7 Å². The molecule has 1 saturated heterocycles. The number of hydrogen-bond acceptors (Lipinski definition) is 2. The van der Waals surface area contributed by atoms with Gasteiger partial charge < -0.3 is 10.1 Å². The minimum Gasteiger partial charge on any atom is -0.373 e. The van der Waals surface area contributed by atoms with Crippen LogP contribution < -0.4 is 5.32 Å². The molecule has 1 aliphatic heterocycles. The lowest BCUT2D eigenvalue weighted by Crippen LogP contribution is -2.31. The second-order valence-corrected chi connectivity index (χ2v) is 3.47. The van der Waals surface area contributed by atoms with Gasteiger partial charge in [0, 0.05) is 28.4 Å². The number of rotatable bonds is 2. The van der Waals surface area contributed by atoms with Gasteiger partial charge in [-0.1, -0.05) is 0 Å². The molecule has 13 heavy (non-hydrogen) atoms. The highest BCUT2D eigenvalue weighted by molar-refractivity contribution is 9.12. The quantitative estimate of drug-likeness (QED) is 0.739. The molecule has 1 rings (SSSR count). The van der Waals surface area contributed by atoms with Crippen molar-refractivity contribution in [1.29, 1.82) is 0 Å². The first-order valence-corrected chi connectivity index (χ1v) is 5.06. The lowest BCUT2D eigenvalue weighted by Gasteiger charge is -2.10. The maximum absolute atomic E-state index is 10.9. The molecule has 0 spiro atoms. The molecule has 0 saturated carbocycles. The first kappa shape index (κ1) is 10.6. The Morgan fingerprint density at radius 3 is 3.00 bits per heavy atom. The molecule has 0 aromatic heterocycles. The Morgan fingerprint density at radius 2 is 2.46 bits per heavy atom. The minimum atomic E-state index is -0.264. The van der Waals surface area contributed by atoms with Gasteiger partial charge in [0.2, 0.25) is 0 Å². The highest BCUT2D eigenvalue weighted by atomic mass is 79.9. The van der Waals surface area contributed by atoms with E-state index >= 15 is 0 Å². The minimum absolute atomic E-state index is 0.163. The van der Waals surface area contributed by atoms with Crippen molar-refractivity contribution >= 4 is 21.8 Å². The molecule has 72 valence electrons. The van der Waals surface area contributed by atoms with E-state index in [9.17, 15) is 4.79 Å². The normalized spacial score (nSPS) is 26.3. The number of nitrogens with one attached hydrogen (secondary N) is 1. The van der Waals surface area contributed by atoms with E-state index in [0.29, 0.717) is 12.6 Å². The molecule has 1 heterocycles. The third kappa shape index (κ3) is 3.79. The highest BCUT2D eigenvalue weighted by Crippen LogP contribution is 2.17. The van der Waals surface area contributed by atoms with Gasteiger partial charge in [-0.2, -0.15) is 0 Å². The number of ether oxygens (including phenoxy) is 1. The van der Waals surface area contributed by atoms with Crippen LogP contribution in [0, 0.1) is 10.8 Å². The Kier molecular flexibility index (Phi) is 4.26. The highest BCUT2D eigenvalue weighted by Gasteiger charge is 2.21.